The van der Waals surface area contributed by atoms with Crippen LogP contribution in [0.25, 0.3) is 0 Å². The highest BCUT2D eigenvalue weighted by Gasteiger charge is 2.31. The molecular weight excluding hydrogens is 334 g/mol. The monoisotopic (exact) mass is 362 g/mol. The van der Waals surface area contributed by atoms with Gasteiger partial charge in [-0.1, -0.05) is 64.1 Å². The van der Waals surface area contributed by atoms with Crippen LogP contribution in [-0.2, 0) is 10.8 Å². The molecule has 0 saturated carbocycles. The van der Waals surface area contributed by atoms with Crippen LogP contribution in [0.4, 0.5) is 8.78 Å². The third-order valence-electron chi connectivity index (χ3n) is 5.04. The molecule has 0 aliphatic rings. The Morgan fingerprint density at radius 2 is 1.19 bits per heavy atom. The fourth-order valence-electron chi connectivity index (χ4n) is 3.32. The van der Waals surface area contributed by atoms with Gasteiger partial charge in [-0.15, -0.1) is 0 Å². The van der Waals surface area contributed by atoms with E-state index in [0.717, 1.165) is 29.7 Å². The fourth-order valence-corrected chi connectivity index (χ4v) is 3.32. The molecule has 0 aliphatic carbocycles. The molecule has 0 aromatic heterocycles. The Balaban J connectivity index is 2.22. The number of alkyl halides is 2. The standard InChI is InChI=1S/C22H28F2O2/c1-21(2,16-10-6-8-12-18(16)25-5)14-15-22(3,4)17-11-7-9-13-19(17)26-20(23)24/h6-13,20H,14-15H2,1-5H3. The van der Waals surface area contributed by atoms with Crippen molar-refractivity contribution in [1.82, 2.24) is 0 Å². The van der Waals surface area contributed by atoms with Crippen LogP contribution in [0.5, 0.6) is 11.5 Å². The molecule has 0 unspecified atom stereocenters. The molecule has 2 aromatic carbocycles. The second kappa shape index (κ2) is 8.07. The van der Waals surface area contributed by atoms with Crippen LogP contribution in [-0.4, -0.2) is 13.7 Å². The molecular formula is C22H28F2O2. The summed E-state index contributed by atoms with van der Waals surface area (Å²) >= 11 is 0. The Bertz CT molecular complexity index is 724. The lowest BCUT2D eigenvalue weighted by molar-refractivity contribution is -0.0510. The van der Waals surface area contributed by atoms with Gasteiger partial charge in [0, 0.05) is 5.56 Å². The summed E-state index contributed by atoms with van der Waals surface area (Å²) in [5.74, 6) is 1.12. The normalized spacial score (nSPS) is 12.3. The van der Waals surface area contributed by atoms with Gasteiger partial charge < -0.3 is 9.47 Å². The van der Waals surface area contributed by atoms with Crippen molar-refractivity contribution in [2.45, 2.75) is 58.0 Å². The molecule has 0 heterocycles. The Hall–Kier alpha value is -2.10. The highest BCUT2D eigenvalue weighted by molar-refractivity contribution is 5.40. The molecule has 2 aromatic rings. The summed E-state index contributed by atoms with van der Waals surface area (Å²) in [5.41, 5.74) is 1.54. The molecule has 4 heteroatoms. The molecule has 0 radical (unpaired) electrons. The van der Waals surface area contributed by atoms with Gasteiger partial charge in [0.1, 0.15) is 11.5 Å². The van der Waals surface area contributed by atoms with Crippen LogP contribution in [0.3, 0.4) is 0 Å². The molecule has 26 heavy (non-hydrogen) atoms. The molecule has 0 saturated heterocycles. The summed E-state index contributed by atoms with van der Waals surface area (Å²) in [4.78, 5) is 0. The Morgan fingerprint density at radius 1 is 0.769 bits per heavy atom. The van der Waals surface area contributed by atoms with Gasteiger partial charge in [0.25, 0.3) is 0 Å². The molecule has 0 amide bonds. The molecule has 0 atom stereocenters. The number of methoxy groups -OCH3 is 1. The van der Waals surface area contributed by atoms with Crippen molar-refractivity contribution in [3.8, 4) is 11.5 Å². The minimum atomic E-state index is -2.82. The molecule has 0 fully saturated rings. The van der Waals surface area contributed by atoms with Crippen molar-refractivity contribution in [1.29, 1.82) is 0 Å². The van der Waals surface area contributed by atoms with Crippen molar-refractivity contribution in [2.24, 2.45) is 0 Å². The lowest BCUT2D eigenvalue weighted by Gasteiger charge is -2.33. The maximum atomic E-state index is 12.7. The zero-order chi connectivity index (χ0) is 19.4. The zero-order valence-electron chi connectivity index (χ0n) is 16.2. The predicted molar refractivity (Wildman–Crippen MR) is 101 cm³/mol. The first-order valence-corrected chi connectivity index (χ1v) is 8.85. The number of hydrogen-bond acceptors (Lipinski definition) is 2. The number of ether oxygens (including phenoxy) is 2. The first-order chi connectivity index (χ1) is 12.2. The molecule has 0 bridgehead atoms. The molecule has 0 spiro atoms. The van der Waals surface area contributed by atoms with E-state index in [9.17, 15) is 8.78 Å². The predicted octanol–water partition coefficient (Wildman–Crippen LogP) is 6.33. The maximum absolute atomic E-state index is 12.7. The zero-order valence-corrected chi connectivity index (χ0v) is 16.2. The van der Waals surface area contributed by atoms with Crippen molar-refractivity contribution >= 4 is 0 Å². The molecule has 2 nitrogen and oxygen atoms in total. The smallest absolute Gasteiger partial charge is 0.387 e. The van der Waals surface area contributed by atoms with Gasteiger partial charge in [0.15, 0.2) is 0 Å². The second-order valence-corrected chi connectivity index (χ2v) is 7.84. The summed E-state index contributed by atoms with van der Waals surface area (Å²) < 4.78 is 35.7. The van der Waals surface area contributed by atoms with E-state index < -0.39 is 6.61 Å². The van der Waals surface area contributed by atoms with Gasteiger partial charge in [-0.3, -0.25) is 0 Å². The fraction of sp³-hybridized carbons (Fsp3) is 0.455. The van der Waals surface area contributed by atoms with Crippen LogP contribution in [0.2, 0.25) is 0 Å². The summed E-state index contributed by atoms with van der Waals surface area (Å²) in [5, 5.41) is 0. The highest BCUT2D eigenvalue weighted by Crippen LogP contribution is 2.41. The largest absolute Gasteiger partial charge is 0.496 e. The van der Waals surface area contributed by atoms with Crippen LogP contribution < -0.4 is 9.47 Å². The topological polar surface area (TPSA) is 18.5 Å². The van der Waals surface area contributed by atoms with E-state index in [1.807, 2.05) is 30.3 Å². The Kier molecular flexibility index (Phi) is 6.27. The number of hydrogen-bond donors (Lipinski definition) is 0. The van der Waals surface area contributed by atoms with E-state index in [0.29, 0.717) is 0 Å². The first-order valence-electron chi connectivity index (χ1n) is 8.85. The van der Waals surface area contributed by atoms with Gasteiger partial charge >= 0.3 is 6.61 Å². The van der Waals surface area contributed by atoms with Crippen molar-refractivity contribution in [3.05, 3.63) is 59.7 Å². The average Bonchev–Trinajstić information content (AvgIpc) is 2.60. The van der Waals surface area contributed by atoms with Crippen LogP contribution in [0.15, 0.2) is 48.5 Å². The van der Waals surface area contributed by atoms with E-state index in [1.165, 1.54) is 0 Å². The van der Waals surface area contributed by atoms with E-state index in [2.05, 4.69) is 33.8 Å². The summed E-state index contributed by atoms with van der Waals surface area (Å²) in [6, 6.07) is 15.1. The second-order valence-electron chi connectivity index (χ2n) is 7.84. The highest BCUT2D eigenvalue weighted by atomic mass is 19.3. The van der Waals surface area contributed by atoms with E-state index in [1.54, 1.807) is 19.2 Å². The SMILES string of the molecule is COc1ccccc1C(C)(C)CCC(C)(C)c1ccccc1OC(F)F. The third-order valence-corrected chi connectivity index (χ3v) is 5.04. The van der Waals surface area contributed by atoms with Crippen LogP contribution in [0, 0.1) is 0 Å². The molecule has 142 valence electrons. The van der Waals surface area contributed by atoms with Crippen LogP contribution >= 0.6 is 0 Å². The Morgan fingerprint density at radius 3 is 1.65 bits per heavy atom. The number of benzene rings is 2. The number of halogens is 2. The van der Waals surface area contributed by atoms with Crippen molar-refractivity contribution < 1.29 is 18.3 Å². The average molecular weight is 362 g/mol. The minimum Gasteiger partial charge on any atom is -0.496 e. The quantitative estimate of drug-likeness (QED) is 0.546. The van der Waals surface area contributed by atoms with E-state index >= 15 is 0 Å². The molecule has 0 aliphatic heterocycles. The van der Waals surface area contributed by atoms with Crippen molar-refractivity contribution in [3.63, 3.8) is 0 Å². The molecule has 0 N–H and O–H groups in total. The summed E-state index contributed by atoms with van der Waals surface area (Å²) in [6.45, 7) is 5.68. The summed E-state index contributed by atoms with van der Waals surface area (Å²) in [6.07, 6.45) is 1.70. The Labute approximate surface area is 155 Å². The van der Waals surface area contributed by atoms with E-state index in [4.69, 9.17) is 9.47 Å². The van der Waals surface area contributed by atoms with Gasteiger partial charge in [-0.25, -0.2) is 0 Å². The van der Waals surface area contributed by atoms with Gasteiger partial charge in [0.2, 0.25) is 0 Å². The first kappa shape index (κ1) is 20.2. The van der Waals surface area contributed by atoms with Gasteiger partial charge in [0.05, 0.1) is 7.11 Å². The van der Waals surface area contributed by atoms with Crippen molar-refractivity contribution in [2.75, 3.05) is 7.11 Å². The van der Waals surface area contributed by atoms with Crippen LogP contribution in [0.1, 0.15) is 51.7 Å². The third kappa shape index (κ3) is 4.75. The lowest BCUT2D eigenvalue weighted by Crippen LogP contribution is -2.25. The van der Waals surface area contributed by atoms with E-state index in [-0.39, 0.29) is 16.6 Å². The maximum Gasteiger partial charge on any atom is 0.387 e. The van der Waals surface area contributed by atoms with Gasteiger partial charge in [-0.05, 0) is 41.4 Å². The minimum absolute atomic E-state index is 0.109. The number of para-hydroxylation sites is 2. The lowest BCUT2D eigenvalue weighted by atomic mass is 9.72. The number of rotatable bonds is 8. The summed E-state index contributed by atoms with van der Waals surface area (Å²) in [7, 11) is 1.68. The van der Waals surface area contributed by atoms with Gasteiger partial charge in [-0.2, -0.15) is 8.78 Å². The molecule has 2 rings (SSSR count).